The number of methoxy groups -OCH3 is 1. The van der Waals surface area contributed by atoms with Crippen LogP contribution >= 0.6 is 12.2 Å². The van der Waals surface area contributed by atoms with Crippen LogP contribution in [-0.4, -0.2) is 34.8 Å². The summed E-state index contributed by atoms with van der Waals surface area (Å²) in [5.41, 5.74) is 2.56. The lowest BCUT2D eigenvalue weighted by atomic mass is 10.2. The molecule has 4 rings (SSSR count). The SMILES string of the molecule is COc1ccc(-c2noc(CNC(=S)Nc3ccc(N4CCCC4=O)cc3)n2)cc1. The highest BCUT2D eigenvalue weighted by atomic mass is 32.1. The highest BCUT2D eigenvalue weighted by Gasteiger charge is 2.21. The van der Waals surface area contributed by atoms with Gasteiger partial charge in [-0.05, 0) is 67.2 Å². The number of aromatic nitrogens is 2. The predicted molar refractivity (Wildman–Crippen MR) is 117 cm³/mol. The Labute approximate surface area is 179 Å². The van der Waals surface area contributed by atoms with E-state index < -0.39 is 0 Å². The molecule has 1 amide bonds. The first kappa shape index (κ1) is 19.8. The maximum Gasteiger partial charge on any atom is 0.246 e. The summed E-state index contributed by atoms with van der Waals surface area (Å²) in [6.07, 6.45) is 1.52. The van der Waals surface area contributed by atoms with Crippen molar-refractivity contribution in [1.29, 1.82) is 0 Å². The van der Waals surface area contributed by atoms with E-state index in [0.29, 0.717) is 29.8 Å². The van der Waals surface area contributed by atoms with Gasteiger partial charge in [0.15, 0.2) is 5.11 Å². The fourth-order valence-electron chi connectivity index (χ4n) is 3.16. The largest absolute Gasteiger partial charge is 0.497 e. The Bertz CT molecular complexity index is 1030. The zero-order valence-corrected chi connectivity index (χ0v) is 17.2. The van der Waals surface area contributed by atoms with Crippen LogP contribution in [0.15, 0.2) is 53.1 Å². The normalized spacial score (nSPS) is 13.4. The average Bonchev–Trinajstić information content (AvgIpc) is 3.42. The molecule has 1 fully saturated rings. The van der Waals surface area contributed by atoms with Crippen LogP contribution in [-0.2, 0) is 11.3 Å². The molecule has 0 unspecified atom stereocenters. The summed E-state index contributed by atoms with van der Waals surface area (Å²) >= 11 is 5.33. The van der Waals surface area contributed by atoms with E-state index in [2.05, 4.69) is 20.8 Å². The van der Waals surface area contributed by atoms with Crippen molar-refractivity contribution in [3.8, 4) is 17.1 Å². The Hall–Kier alpha value is -3.46. The van der Waals surface area contributed by atoms with Gasteiger partial charge in [-0.25, -0.2) is 0 Å². The van der Waals surface area contributed by atoms with E-state index >= 15 is 0 Å². The van der Waals surface area contributed by atoms with E-state index in [1.807, 2.05) is 48.5 Å². The van der Waals surface area contributed by atoms with E-state index in [-0.39, 0.29) is 5.91 Å². The van der Waals surface area contributed by atoms with Crippen LogP contribution < -0.4 is 20.3 Å². The maximum absolute atomic E-state index is 11.8. The van der Waals surface area contributed by atoms with Crippen molar-refractivity contribution in [3.63, 3.8) is 0 Å². The van der Waals surface area contributed by atoms with E-state index in [9.17, 15) is 4.79 Å². The van der Waals surface area contributed by atoms with Crippen LogP contribution in [0.5, 0.6) is 5.75 Å². The third-order valence-electron chi connectivity index (χ3n) is 4.73. The molecule has 0 radical (unpaired) electrons. The molecule has 0 bridgehead atoms. The van der Waals surface area contributed by atoms with Crippen LogP contribution in [0, 0.1) is 0 Å². The van der Waals surface area contributed by atoms with Gasteiger partial charge in [0.05, 0.1) is 13.7 Å². The van der Waals surface area contributed by atoms with Crippen LogP contribution in [0.3, 0.4) is 0 Å². The van der Waals surface area contributed by atoms with Crippen molar-refractivity contribution in [1.82, 2.24) is 15.5 Å². The van der Waals surface area contributed by atoms with Crippen LogP contribution in [0.4, 0.5) is 11.4 Å². The molecule has 0 aliphatic carbocycles. The highest BCUT2D eigenvalue weighted by molar-refractivity contribution is 7.80. The van der Waals surface area contributed by atoms with Crippen molar-refractivity contribution in [2.45, 2.75) is 19.4 Å². The van der Waals surface area contributed by atoms with Gasteiger partial charge in [0, 0.05) is 29.9 Å². The summed E-state index contributed by atoms with van der Waals surface area (Å²) in [5, 5.41) is 10.6. The molecule has 2 N–H and O–H groups in total. The van der Waals surface area contributed by atoms with Crippen LogP contribution in [0.25, 0.3) is 11.4 Å². The Kier molecular flexibility index (Phi) is 5.89. The molecule has 9 heteroatoms. The smallest absolute Gasteiger partial charge is 0.246 e. The first-order valence-electron chi connectivity index (χ1n) is 9.54. The number of amides is 1. The Morgan fingerprint density at radius 1 is 1.20 bits per heavy atom. The Morgan fingerprint density at radius 2 is 1.97 bits per heavy atom. The molecule has 2 heterocycles. The number of nitrogens with one attached hydrogen (secondary N) is 2. The number of rotatable bonds is 6. The van der Waals surface area contributed by atoms with Crippen molar-refractivity contribution in [3.05, 3.63) is 54.4 Å². The molecule has 1 aliphatic heterocycles. The van der Waals surface area contributed by atoms with Crippen LogP contribution in [0.1, 0.15) is 18.7 Å². The number of hydrogen-bond acceptors (Lipinski definition) is 6. The number of carbonyl (C=O) groups excluding carboxylic acids is 1. The number of ether oxygens (including phenoxy) is 1. The summed E-state index contributed by atoms with van der Waals surface area (Å²) in [4.78, 5) is 18.0. The molecule has 0 atom stereocenters. The highest BCUT2D eigenvalue weighted by Crippen LogP contribution is 2.23. The minimum Gasteiger partial charge on any atom is -0.497 e. The molecule has 1 aromatic heterocycles. The minimum absolute atomic E-state index is 0.168. The van der Waals surface area contributed by atoms with Crippen molar-refractivity contribution >= 4 is 34.6 Å². The molecule has 3 aromatic rings. The third kappa shape index (κ3) is 4.57. The number of nitrogens with zero attached hydrogens (tertiary/aromatic N) is 3. The van der Waals surface area contributed by atoms with E-state index in [1.165, 1.54) is 0 Å². The average molecular weight is 423 g/mol. The topological polar surface area (TPSA) is 92.5 Å². The minimum atomic E-state index is 0.168. The number of benzene rings is 2. The van der Waals surface area contributed by atoms with Gasteiger partial charge in [0.25, 0.3) is 0 Å². The summed E-state index contributed by atoms with van der Waals surface area (Å²) in [7, 11) is 1.62. The fourth-order valence-corrected chi connectivity index (χ4v) is 3.35. The predicted octanol–water partition coefficient (Wildman–Crippen LogP) is 3.36. The van der Waals surface area contributed by atoms with Gasteiger partial charge >= 0.3 is 0 Å². The molecule has 30 heavy (non-hydrogen) atoms. The summed E-state index contributed by atoms with van der Waals surface area (Å²) in [6.45, 7) is 1.07. The Morgan fingerprint density at radius 3 is 2.63 bits per heavy atom. The van der Waals surface area contributed by atoms with Gasteiger partial charge in [-0.3, -0.25) is 4.79 Å². The van der Waals surface area contributed by atoms with Gasteiger partial charge in [0.2, 0.25) is 17.6 Å². The number of thiocarbonyl (C=S) groups is 1. The molecule has 1 aliphatic rings. The fraction of sp³-hybridized carbons (Fsp3) is 0.238. The second-order valence-corrected chi connectivity index (χ2v) is 7.15. The van der Waals surface area contributed by atoms with Crippen molar-refractivity contribution in [2.24, 2.45) is 0 Å². The molecule has 2 aromatic carbocycles. The zero-order valence-electron chi connectivity index (χ0n) is 16.4. The Balaban J connectivity index is 1.29. The quantitative estimate of drug-likeness (QED) is 0.583. The summed E-state index contributed by atoms with van der Waals surface area (Å²) in [6, 6.07) is 15.0. The van der Waals surface area contributed by atoms with Gasteiger partial charge in [-0.1, -0.05) is 5.16 Å². The second-order valence-electron chi connectivity index (χ2n) is 6.74. The number of anilines is 2. The number of carbonyl (C=O) groups is 1. The van der Waals surface area contributed by atoms with Crippen molar-refractivity contribution < 1.29 is 14.1 Å². The zero-order chi connectivity index (χ0) is 20.9. The first-order chi connectivity index (χ1) is 14.6. The third-order valence-corrected chi connectivity index (χ3v) is 4.97. The standard InChI is InChI=1S/C21H21N5O3S/c1-28-17-10-4-14(5-11-17)20-24-18(29-25-20)13-22-21(30)23-15-6-8-16(9-7-15)26-12-2-3-19(26)27/h4-11H,2-3,12-13H2,1H3,(H2,22,23,30). The van der Waals surface area contributed by atoms with E-state index in [4.69, 9.17) is 21.5 Å². The van der Waals surface area contributed by atoms with Gasteiger partial charge in [-0.15, -0.1) is 0 Å². The lowest BCUT2D eigenvalue weighted by Gasteiger charge is -2.16. The van der Waals surface area contributed by atoms with E-state index in [0.717, 1.165) is 35.7 Å². The van der Waals surface area contributed by atoms with Gasteiger partial charge < -0.3 is 24.8 Å². The van der Waals surface area contributed by atoms with Gasteiger partial charge in [-0.2, -0.15) is 4.98 Å². The molecule has 0 saturated carbocycles. The van der Waals surface area contributed by atoms with E-state index in [1.54, 1.807) is 12.0 Å². The molecule has 1 saturated heterocycles. The summed E-state index contributed by atoms with van der Waals surface area (Å²) < 4.78 is 10.4. The maximum atomic E-state index is 11.8. The second kappa shape index (κ2) is 8.91. The molecule has 8 nitrogen and oxygen atoms in total. The number of hydrogen-bond donors (Lipinski definition) is 2. The monoisotopic (exact) mass is 423 g/mol. The molecular weight excluding hydrogens is 402 g/mol. The summed E-state index contributed by atoms with van der Waals surface area (Å²) in [5.74, 6) is 1.86. The lowest BCUT2D eigenvalue weighted by Crippen LogP contribution is -2.28. The molecule has 0 spiro atoms. The molecule has 154 valence electrons. The van der Waals surface area contributed by atoms with Crippen molar-refractivity contribution in [2.75, 3.05) is 23.9 Å². The van der Waals surface area contributed by atoms with Gasteiger partial charge in [0.1, 0.15) is 5.75 Å². The lowest BCUT2D eigenvalue weighted by molar-refractivity contribution is -0.117. The molecular formula is C21H21N5O3S. The van der Waals surface area contributed by atoms with Crippen LogP contribution in [0.2, 0.25) is 0 Å². The first-order valence-corrected chi connectivity index (χ1v) is 9.95.